The van der Waals surface area contributed by atoms with Crippen molar-refractivity contribution in [2.45, 2.75) is 31.3 Å². The van der Waals surface area contributed by atoms with Gasteiger partial charge in [-0.05, 0) is 18.4 Å². The van der Waals surface area contributed by atoms with E-state index in [-0.39, 0.29) is 18.0 Å². The Hall–Kier alpha value is -1.35. The van der Waals surface area contributed by atoms with Crippen LogP contribution in [0.5, 0.6) is 0 Å². The summed E-state index contributed by atoms with van der Waals surface area (Å²) >= 11 is 0. The fraction of sp³-hybridized carbons (Fsp3) is 0.417. The highest BCUT2D eigenvalue weighted by atomic mass is 16.1. The number of benzene rings is 1. The first-order chi connectivity index (χ1) is 7.24. The number of piperidine rings is 1. The van der Waals surface area contributed by atoms with Crippen LogP contribution in [-0.4, -0.2) is 18.0 Å². The summed E-state index contributed by atoms with van der Waals surface area (Å²) in [7, 11) is 0. The second-order valence-corrected chi connectivity index (χ2v) is 4.15. The third kappa shape index (κ3) is 2.80. The van der Waals surface area contributed by atoms with Gasteiger partial charge < -0.3 is 11.1 Å². The number of nitrogens with one attached hydrogen (secondary N) is 1. The van der Waals surface area contributed by atoms with E-state index in [9.17, 15) is 4.79 Å². The normalized spacial score (nSPS) is 26.1. The van der Waals surface area contributed by atoms with Gasteiger partial charge in [-0.1, -0.05) is 30.3 Å². The van der Waals surface area contributed by atoms with Crippen LogP contribution in [0.25, 0.3) is 0 Å². The third-order valence-corrected chi connectivity index (χ3v) is 2.72. The van der Waals surface area contributed by atoms with Gasteiger partial charge in [-0.25, -0.2) is 0 Å². The lowest BCUT2D eigenvalue weighted by Gasteiger charge is -2.27. The Labute approximate surface area is 89.7 Å². The lowest BCUT2D eigenvalue weighted by molar-refractivity contribution is -0.123. The molecule has 2 rings (SSSR count). The van der Waals surface area contributed by atoms with E-state index in [2.05, 4.69) is 17.4 Å². The molecule has 80 valence electrons. The number of amides is 1. The van der Waals surface area contributed by atoms with Gasteiger partial charge in [0.05, 0.1) is 0 Å². The van der Waals surface area contributed by atoms with Gasteiger partial charge in [-0.3, -0.25) is 4.79 Å². The molecule has 0 aromatic heterocycles. The number of nitrogens with two attached hydrogens (primary N) is 1. The van der Waals surface area contributed by atoms with Crippen molar-refractivity contribution >= 4 is 5.91 Å². The zero-order valence-corrected chi connectivity index (χ0v) is 8.65. The average Bonchev–Trinajstić information content (AvgIpc) is 2.17. The molecule has 0 spiro atoms. The molecule has 1 aromatic rings. The van der Waals surface area contributed by atoms with Crippen LogP contribution in [0.15, 0.2) is 30.3 Å². The molecule has 0 saturated carbocycles. The third-order valence-electron chi connectivity index (χ3n) is 2.72. The quantitative estimate of drug-likeness (QED) is 0.750. The molecule has 2 atom stereocenters. The maximum Gasteiger partial charge on any atom is 0.221 e. The monoisotopic (exact) mass is 204 g/mol. The molecule has 1 aliphatic rings. The highest BCUT2D eigenvalue weighted by Crippen LogP contribution is 2.12. The molecule has 1 aromatic carbocycles. The fourth-order valence-electron chi connectivity index (χ4n) is 2.07. The van der Waals surface area contributed by atoms with Crippen LogP contribution in [0.2, 0.25) is 0 Å². The number of carbonyl (C=O) groups excluding carboxylic acids is 1. The van der Waals surface area contributed by atoms with E-state index in [1.807, 2.05) is 18.2 Å². The Balaban J connectivity index is 1.97. The smallest absolute Gasteiger partial charge is 0.221 e. The van der Waals surface area contributed by atoms with Crippen molar-refractivity contribution < 1.29 is 4.79 Å². The van der Waals surface area contributed by atoms with Crippen LogP contribution < -0.4 is 11.1 Å². The fourth-order valence-corrected chi connectivity index (χ4v) is 2.07. The van der Waals surface area contributed by atoms with Crippen molar-refractivity contribution in [2.24, 2.45) is 5.73 Å². The summed E-state index contributed by atoms with van der Waals surface area (Å²) in [4.78, 5) is 11.3. The maximum atomic E-state index is 11.3. The minimum absolute atomic E-state index is 0.0208. The largest absolute Gasteiger partial charge is 0.353 e. The van der Waals surface area contributed by atoms with E-state index in [1.165, 1.54) is 5.56 Å². The van der Waals surface area contributed by atoms with E-state index < -0.39 is 0 Å². The topological polar surface area (TPSA) is 55.1 Å². The van der Waals surface area contributed by atoms with Gasteiger partial charge in [0.25, 0.3) is 0 Å². The van der Waals surface area contributed by atoms with Gasteiger partial charge >= 0.3 is 0 Å². The first-order valence-corrected chi connectivity index (χ1v) is 5.33. The van der Waals surface area contributed by atoms with Crippen molar-refractivity contribution in [1.29, 1.82) is 0 Å². The maximum absolute atomic E-state index is 11.3. The van der Waals surface area contributed by atoms with Crippen LogP contribution in [-0.2, 0) is 11.2 Å². The molecule has 3 N–H and O–H groups in total. The first kappa shape index (κ1) is 10.2. The summed E-state index contributed by atoms with van der Waals surface area (Å²) in [5.41, 5.74) is 7.06. The van der Waals surface area contributed by atoms with Gasteiger partial charge in [0.2, 0.25) is 5.91 Å². The predicted molar refractivity (Wildman–Crippen MR) is 59.3 cm³/mol. The Morgan fingerprint density at radius 2 is 2.07 bits per heavy atom. The Bertz CT molecular complexity index is 337. The molecule has 15 heavy (non-hydrogen) atoms. The van der Waals surface area contributed by atoms with E-state index in [4.69, 9.17) is 5.73 Å². The molecular formula is C12H16N2O. The van der Waals surface area contributed by atoms with Crippen LogP contribution in [0.4, 0.5) is 0 Å². The zero-order valence-electron chi connectivity index (χ0n) is 8.65. The van der Waals surface area contributed by atoms with Crippen molar-refractivity contribution in [2.75, 3.05) is 0 Å². The van der Waals surface area contributed by atoms with E-state index in [0.717, 1.165) is 12.8 Å². The summed E-state index contributed by atoms with van der Waals surface area (Å²) < 4.78 is 0. The van der Waals surface area contributed by atoms with Gasteiger partial charge in [0, 0.05) is 18.5 Å². The summed E-state index contributed by atoms with van der Waals surface area (Å²) in [5.74, 6) is 0.0784. The van der Waals surface area contributed by atoms with E-state index in [1.54, 1.807) is 0 Å². The lowest BCUT2D eigenvalue weighted by Crippen LogP contribution is -2.48. The second kappa shape index (κ2) is 4.45. The number of hydrogen-bond donors (Lipinski definition) is 2. The van der Waals surface area contributed by atoms with E-state index in [0.29, 0.717) is 6.42 Å². The van der Waals surface area contributed by atoms with Gasteiger partial charge in [0.1, 0.15) is 0 Å². The first-order valence-electron chi connectivity index (χ1n) is 5.33. The molecule has 1 fully saturated rings. The molecule has 1 amide bonds. The van der Waals surface area contributed by atoms with Crippen molar-refractivity contribution in [3.05, 3.63) is 35.9 Å². The van der Waals surface area contributed by atoms with Crippen molar-refractivity contribution in [1.82, 2.24) is 5.32 Å². The summed E-state index contributed by atoms with van der Waals surface area (Å²) in [6.45, 7) is 0. The molecule has 0 bridgehead atoms. The summed E-state index contributed by atoms with van der Waals surface area (Å²) in [5, 5.41) is 2.98. The minimum atomic E-state index is 0.0208. The molecule has 1 aliphatic heterocycles. The highest BCUT2D eigenvalue weighted by molar-refractivity contribution is 5.77. The molecule has 3 heteroatoms. The SMILES string of the molecule is NC1CC(=O)NC(Cc2ccccc2)C1. The lowest BCUT2D eigenvalue weighted by atomic mass is 9.94. The Morgan fingerprint density at radius 3 is 2.73 bits per heavy atom. The number of hydrogen-bond acceptors (Lipinski definition) is 2. The Morgan fingerprint density at radius 1 is 1.33 bits per heavy atom. The average molecular weight is 204 g/mol. The van der Waals surface area contributed by atoms with Crippen LogP contribution in [0.1, 0.15) is 18.4 Å². The Kier molecular flexibility index (Phi) is 3.02. The summed E-state index contributed by atoms with van der Waals surface area (Å²) in [6, 6.07) is 10.4. The van der Waals surface area contributed by atoms with Crippen LogP contribution in [0, 0.1) is 0 Å². The molecule has 3 nitrogen and oxygen atoms in total. The zero-order chi connectivity index (χ0) is 10.7. The molecule has 1 saturated heterocycles. The van der Waals surface area contributed by atoms with Crippen molar-refractivity contribution in [3.8, 4) is 0 Å². The molecule has 2 unspecified atom stereocenters. The van der Waals surface area contributed by atoms with Crippen LogP contribution in [0.3, 0.4) is 0 Å². The summed E-state index contributed by atoms with van der Waals surface area (Å²) in [6.07, 6.45) is 2.21. The number of rotatable bonds is 2. The minimum Gasteiger partial charge on any atom is -0.353 e. The molecule has 0 radical (unpaired) electrons. The molecule has 0 aliphatic carbocycles. The predicted octanol–water partition coefficient (Wildman–Crippen LogP) is 0.835. The van der Waals surface area contributed by atoms with Crippen LogP contribution >= 0.6 is 0 Å². The van der Waals surface area contributed by atoms with E-state index >= 15 is 0 Å². The van der Waals surface area contributed by atoms with Gasteiger partial charge in [-0.15, -0.1) is 0 Å². The standard InChI is InChI=1S/C12H16N2O/c13-10-7-11(14-12(15)8-10)6-9-4-2-1-3-5-9/h1-5,10-11H,6-8,13H2,(H,14,15). The molecule has 1 heterocycles. The van der Waals surface area contributed by atoms with Gasteiger partial charge in [0.15, 0.2) is 0 Å². The molecular weight excluding hydrogens is 188 g/mol. The second-order valence-electron chi connectivity index (χ2n) is 4.15. The number of carbonyl (C=O) groups is 1. The highest BCUT2D eigenvalue weighted by Gasteiger charge is 2.23. The van der Waals surface area contributed by atoms with Crippen molar-refractivity contribution in [3.63, 3.8) is 0 Å². The van der Waals surface area contributed by atoms with Gasteiger partial charge in [-0.2, -0.15) is 0 Å².